The molecule has 0 atom stereocenters. The molecule has 1 fully saturated rings. The largest absolute Gasteiger partial charge is 0.397 e. The maximum atomic E-state index is 13.2. The van der Waals surface area contributed by atoms with Crippen molar-refractivity contribution in [2.75, 3.05) is 30.8 Å². The Labute approximate surface area is 101 Å². The summed E-state index contributed by atoms with van der Waals surface area (Å²) < 4.78 is 18.5. The van der Waals surface area contributed by atoms with Gasteiger partial charge in [0.25, 0.3) is 0 Å². The quantitative estimate of drug-likeness (QED) is 0.796. The lowest BCUT2D eigenvalue weighted by Gasteiger charge is -2.23. The SMILES string of the molecule is Cc1cc(NCC2CCOCC2)c(N)cc1F. The van der Waals surface area contributed by atoms with Gasteiger partial charge in [-0.05, 0) is 43.4 Å². The predicted octanol–water partition coefficient (Wildman–Crippen LogP) is 2.55. The van der Waals surface area contributed by atoms with Gasteiger partial charge in [0.15, 0.2) is 0 Å². The van der Waals surface area contributed by atoms with Gasteiger partial charge in [0.05, 0.1) is 11.4 Å². The molecule has 1 saturated heterocycles. The van der Waals surface area contributed by atoms with Crippen LogP contribution in [0.4, 0.5) is 15.8 Å². The van der Waals surface area contributed by atoms with Crippen molar-refractivity contribution < 1.29 is 9.13 Å². The highest BCUT2D eigenvalue weighted by molar-refractivity contribution is 5.67. The number of anilines is 2. The van der Waals surface area contributed by atoms with Gasteiger partial charge >= 0.3 is 0 Å². The molecule has 0 radical (unpaired) electrons. The number of nitrogen functional groups attached to an aromatic ring is 1. The molecule has 1 heterocycles. The van der Waals surface area contributed by atoms with Gasteiger partial charge in [-0.25, -0.2) is 4.39 Å². The molecule has 4 heteroatoms. The molecule has 1 aliphatic rings. The lowest BCUT2D eigenvalue weighted by molar-refractivity contribution is 0.0699. The topological polar surface area (TPSA) is 47.3 Å². The molecule has 3 N–H and O–H groups in total. The van der Waals surface area contributed by atoms with Gasteiger partial charge in [0.1, 0.15) is 5.82 Å². The second-order valence-electron chi connectivity index (χ2n) is 4.63. The molecule has 0 unspecified atom stereocenters. The maximum absolute atomic E-state index is 13.2. The molecule has 3 nitrogen and oxygen atoms in total. The number of aryl methyl sites for hydroxylation is 1. The Balaban J connectivity index is 1.96. The third-order valence-electron chi connectivity index (χ3n) is 3.25. The van der Waals surface area contributed by atoms with Crippen molar-refractivity contribution in [1.82, 2.24) is 0 Å². The summed E-state index contributed by atoms with van der Waals surface area (Å²) in [7, 11) is 0. The third-order valence-corrected chi connectivity index (χ3v) is 3.25. The van der Waals surface area contributed by atoms with Gasteiger partial charge in [-0.3, -0.25) is 0 Å². The van der Waals surface area contributed by atoms with Gasteiger partial charge in [-0.15, -0.1) is 0 Å². The first-order chi connectivity index (χ1) is 8.16. The summed E-state index contributed by atoms with van der Waals surface area (Å²) >= 11 is 0. The van der Waals surface area contributed by atoms with E-state index in [0.717, 1.165) is 38.3 Å². The molecule has 2 rings (SSSR count). The van der Waals surface area contributed by atoms with Crippen LogP contribution in [-0.2, 0) is 4.74 Å². The van der Waals surface area contributed by atoms with E-state index in [-0.39, 0.29) is 5.82 Å². The van der Waals surface area contributed by atoms with Crippen LogP contribution in [0.1, 0.15) is 18.4 Å². The smallest absolute Gasteiger partial charge is 0.128 e. The number of ether oxygens (including phenoxy) is 1. The van der Waals surface area contributed by atoms with Crippen molar-refractivity contribution >= 4 is 11.4 Å². The molecule has 0 amide bonds. The number of hydrogen-bond donors (Lipinski definition) is 2. The molecule has 0 aliphatic carbocycles. The molecule has 17 heavy (non-hydrogen) atoms. The van der Waals surface area contributed by atoms with Crippen LogP contribution in [0.2, 0.25) is 0 Å². The average Bonchev–Trinajstić information content (AvgIpc) is 2.33. The van der Waals surface area contributed by atoms with Gasteiger partial charge in [-0.1, -0.05) is 0 Å². The van der Waals surface area contributed by atoms with Gasteiger partial charge in [-0.2, -0.15) is 0 Å². The first-order valence-electron chi connectivity index (χ1n) is 6.04. The Bertz CT molecular complexity index is 389. The van der Waals surface area contributed by atoms with Crippen LogP contribution in [0.25, 0.3) is 0 Å². The summed E-state index contributed by atoms with van der Waals surface area (Å²) in [6, 6.07) is 3.14. The minimum atomic E-state index is -0.251. The van der Waals surface area contributed by atoms with Crippen molar-refractivity contribution in [2.45, 2.75) is 19.8 Å². The van der Waals surface area contributed by atoms with Crippen molar-refractivity contribution in [3.63, 3.8) is 0 Å². The van der Waals surface area contributed by atoms with Crippen molar-refractivity contribution in [1.29, 1.82) is 0 Å². The maximum Gasteiger partial charge on any atom is 0.128 e. The second-order valence-corrected chi connectivity index (χ2v) is 4.63. The zero-order chi connectivity index (χ0) is 12.3. The van der Waals surface area contributed by atoms with E-state index in [1.54, 1.807) is 13.0 Å². The Morgan fingerprint density at radius 1 is 1.41 bits per heavy atom. The number of hydrogen-bond acceptors (Lipinski definition) is 3. The zero-order valence-electron chi connectivity index (χ0n) is 10.1. The Morgan fingerprint density at radius 2 is 2.12 bits per heavy atom. The van der Waals surface area contributed by atoms with Gasteiger partial charge in [0, 0.05) is 19.8 Å². The molecule has 1 aromatic carbocycles. The highest BCUT2D eigenvalue weighted by Crippen LogP contribution is 2.24. The number of nitrogens with two attached hydrogens (primary N) is 1. The summed E-state index contributed by atoms with van der Waals surface area (Å²) in [5.74, 6) is 0.368. The minimum Gasteiger partial charge on any atom is -0.397 e. The predicted molar refractivity (Wildman–Crippen MR) is 67.6 cm³/mol. The monoisotopic (exact) mass is 238 g/mol. The summed E-state index contributed by atoms with van der Waals surface area (Å²) in [5.41, 5.74) is 7.70. The summed E-state index contributed by atoms with van der Waals surface area (Å²) in [6.07, 6.45) is 2.15. The molecule has 1 aromatic rings. The molecular weight excluding hydrogens is 219 g/mol. The van der Waals surface area contributed by atoms with E-state index >= 15 is 0 Å². The van der Waals surface area contributed by atoms with E-state index in [9.17, 15) is 4.39 Å². The van der Waals surface area contributed by atoms with E-state index in [4.69, 9.17) is 10.5 Å². The molecule has 0 saturated carbocycles. The van der Waals surface area contributed by atoms with Crippen LogP contribution in [0.15, 0.2) is 12.1 Å². The fraction of sp³-hybridized carbons (Fsp3) is 0.538. The number of nitrogens with one attached hydrogen (secondary N) is 1. The molecule has 0 bridgehead atoms. The summed E-state index contributed by atoms with van der Waals surface area (Å²) in [6.45, 7) is 4.29. The summed E-state index contributed by atoms with van der Waals surface area (Å²) in [5, 5.41) is 3.30. The van der Waals surface area contributed by atoms with Crippen LogP contribution >= 0.6 is 0 Å². The highest BCUT2D eigenvalue weighted by Gasteiger charge is 2.14. The highest BCUT2D eigenvalue weighted by atomic mass is 19.1. The molecular formula is C13H19FN2O. The normalized spacial score (nSPS) is 17.1. The molecule has 1 aliphatic heterocycles. The average molecular weight is 238 g/mol. The van der Waals surface area contributed by atoms with Crippen LogP contribution in [0.5, 0.6) is 0 Å². The fourth-order valence-electron chi connectivity index (χ4n) is 2.05. The van der Waals surface area contributed by atoms with Crippen LogP contribution in [0, 0.1) is 18.7 Å². The number of halogens is 1. The standard InChI is InChI=1S/C13H19FN2O/c1-9-6-13(12(15)7-11(9)14)16-8-10-2-4-17-5-3-10/h6-7,10,16H,2-5,8,15H2,1H3. The van der Waals surface area contributed by atoms with Crippen LogP contribution in [0.3, 0.4) is 0 Å². The minimum absolute atomic E-state index is 0.251. The van der Waals surface area contributed by atoms with Crippen molar-refractivity contribution in [3.05, 3.63) is 23.5 Å². The van der Waals surface area contributed by atoms with E-state index in [1.165, 1.54) is 6.07 Å². The van der Waals surface area contributed by atoms with Gasteiger partial charge in [0.2, 0.25) is 0 Å². The van der Waals surface area contributed by atoms with Crippen molar-refractivity contribution in [3.8, 4) is 0 Å². The Kier molecular flexibility index (Phi) is 3.84. The van der Waals surface area contributed by atoms with Crippen LogP contribution in [-0.4, -0.2) is 19.8 Å². The first-order valence-corrected chi connectivity index (χ1v) is 6.04. The van der Waals surface area contributed by atoms with Gasteiger partial charge < -0.3 is 15.8 Å². The van der Waals surface area contributed by atoms with E-state index in [1.807, 2.05) is 0 Å². The first kappa shape index (κ1) is 12.2. The molecule has 0 aromatic heterocycles. The Hall–Kier alpha value is -1.29. The lowest BCUT2D eigenvalue weighted by Crippen LogP contribution is -2.23. The van der Waals surface area contributed by atoms with E-state index in [0.29, 0.717) is 17.2 Å². The molecule has 0 spiro atoms. The second kappa shape index (κ2) is 5.36. The lowest BCUT2D eigenvalue weighted by atomic mass is 10.0. The van der Waals surface area contributed by atoms with E-state index < -0.39 is 0 Å². The third kappa shape index (κ3) is 3.09. The Morgan fingerprint density at radius 3 is 2.82 bits per heavy atom. The molecule has 94 valence electrons. The number of rotatable bonds is 3. The fourth-order valence-corrected chi connectivity index (χ4v) is 2.05. The zero-order valence-corrected chi connectivity index (χ0v) is 10.1. The summed E-state index contributed by atoms with van der Waals surface area (Å²) in [4.78, 5) is 0. The number of benzene rings is 1. The van der Waals surface area contributed by atoms with Crippen LogP contribution < -0.4 is 11.1 Å². The van der Waals surface area contributed by atoms with E-state index in [2.05, 4.69) is 5.32 Å². The van der Waals surface area contributed by atoms with Crippen molar-refractivity contribution in [2.24, 2.45) is 5.92 Å².